The first kappa shape index (κ1) is 13.1. The Balaban J connectivity index is 2.34. The second-order valence-corrected chi connectivity index (χ2v) is 4.37. The maximum absolute atomic E-state index is 13.8. The molecule has 2 aromatic rings. The molecule has 0 amide bonds. The van der Waals surface area contributed by atoms with Gasteiger partial charge in [-0.05, 0) is 49.2 Å². The lowest BCUT2D eigenvalue weighted by atomic mass is 10.1. The second-order valence-electron chi connectivity index (χ2n) is 4.37. The van der Waals surface area contributed by atoms with Gasteiger partial charge in [-0.2, -0.15) is 0 Å². The van der Waals surface area contributed by atoms with Gasteiger partial charge in [0, 0.05) is 5.69 Å². The van der Waals surface area contributed by atoms with Crippen LogP contribution in [0.4, 0.5) is 15.8 Å². The lowest BCUT2D eigenvalue weighted by Crippen LogP contribution is -2.01. The molecule has 0 saturated heterocycles. The van der Waals surface area contributed by atoms with Gasteiger partial charge >= 0.3 is 5.97 Å². The molecular formula is C15H14FNO2. The minimum Gasteiger partial charge on any atom is -0.478 e. The molecule has 0 radical (unpaired) electrons. The van der Waals surface area contributed by atoms with Gasteiger partial charge in [0.05, 0.1) is 11.3 Å². The van der Waals surface area contributed by atoms with Crippen LogP contribution in [-0.2, 0) is 0 Å². The quantitative estimate of drug-likeness (QED) is 0.879. The Morgan fingerprint density at radius 2 is 1.89 bits per heavy atom. The normalized spacial score (nSPS) is 10.3. The van der Waals surface area contributed by atoms with Crippen molar-refractivity contribution < 1.29 is 14.3 Å². The number of hydrogen-bond acceptors (Lipinski definition) is 2. The highest BCUT2D eigenvalue weighted by Crippen LogP contribution is 2.25. The number of aryl methyl sites for hydroxylation is 1. The Kier molecular flexibility index (Phi) is 3.51. The van der Waals surface area contributed by atoms with Gasteiger partial charge in [0.15, 0.2) is 0 Å². The molecule has 2 N–H and O–H groups in total. The number of carboxylic acid groups (broad SMARTS) is 1. The van der Waals surface area contributed by atoms with Gasteiger partial charge in [0.25, 0.3) is 0 Å². The van der Waals surface area contributed by atoms with Crippen LogP contribution in [0.2, 0.25) is 0 Å². The molecule has 0 bridgehead atoms. The van der Waals surface area contributed by atoms with Crippen LogP contribution in [-0.4, -0.2) is 11.1 Å². The molecule has 0 unspecified atom stereocenters. The summed E-state index contributed by atoms with van der Waals surface area (Å²) in [6, 6.07) is 9.53. The molecular weight excluding hydrogens is 245 g/mol. The zero-order chi connectivity index (χ0) is 14.0. The van der Waals surface area contributed by atoms with E-state index in [1.54, 1.807) is 0 Å². The van der Waals surface area contributed by atoms with E-state index in [9.17, 15) is 9.18 Å². The molecule has 0 aliphatic rings. The average molecular weight is 259 g/mol. The molecule has 2 rings (SSSR count). The maximum Gasteiger partial charge on any atom is 0.335 e. The Labute approximate surface area is 110 Å². The molecule has 0 heterocycles. The number of benzene rings is 2. The summed E-state index contributed by atoms with van der Waals surface area (Å²) in [5.41, 5.74) is 3.14. The predicted molar refractivity (Wildman–Crippen MR) is 72.6 cm³/mol. The first-order valence-electron chi connectivity index (χ1n) is 5.85. The molecule has 0 atom stereocenters. The van der Waals surface area contributed by atoms with Crippen molar-refractivity contribution in [3.8, 4) is 0 Å². The van der Waals surface area contributed by atoms with Gasteiger partial charge in [-0.15, -0.1) is 0 Å². The van der Waals surface area contributed by atoms with Gasteiger partial charge in [0.2, 0.25) is 0 Å². The summed E-state index contributed by atoms with van der Waals surface area (Å²) < 4.78 is 13.8. The Bertz CT molecular complexity index is 638. The second kappa shape index (κ2) is 5.10. The van der Waals surface area contributed by atoms with Crippen molar-refractivity contribution in [2.45, 2.75) is 13.8 Å². The Hall–Kier alpha value is -2.36. The number of halogens is 1. The van der Waals surface area contributed by atoms with E-state index in [1.807, 2.05) is 32.0 Å². The summed E-state index contributed by atoms with van der Waals surface area (Å²) >= 11 is 0. The first-order chi connectivity index (χ1) is 8.99. The summed E-state index contributed by atoms with van der Waals surface area (Å²) in [5, 5.41) is 11.8. The van der Waals surface area contributed by atoms with Crippen LogP contribution in [0.1, 0.15) is 21.5 Å². The van der Waals surface area contributed by atoms with Crippen molar-refractivity contribution in [2.75, 3.05) is 5.32 Å². The van der Waals surface area contributed by atoms with E-state index in [0.717, 1.165) is 22.9 Å². The van der Waals surface area contributed by atoms with E-state index in [2.05, 4.69) is 5.32 Å². The number of anilines is 2. The van der Waals surface area contributed by atoms with Crippen molar-refractivity contribution in [2.24, 2.45) is 0 Å². The molecule has 4 heteroatoms. The summed E-state index contributed by atoms with van der Waals surface area (Å²) in [6.07, 6.45) is 0. The summed E-state index contributed by atoms with van der Waals surface area (Å²) in [7, 11) is 0. The smallest absolute Gasteiger partial charge is 0.335 e. The molecule has 19 heavy (non-hydrogen) atoms. The van der Waals surface area contributed by atoms with Crippen LogP contribution in [0.5, 0.6) is 0 Å². The van der Waals surface area contributed by atoms with Crippen LogP contribution >= 0.6 is 0 Å². The van der Waals surface area contributed by atoms with Gasteiger partial charge in [-0.3, -0.25) is 0 Å². The highest BCUT2D eigenvalue weighted by Gasteiger charge is 2.09. The van der Waals surface area contributed by atoms with Gasteiger partial charge in [-0.1, -0.05) is 12.1 Å². The SMILES string of the molecule is Cc1cccc(Nc2ccc(C(=O)O)cc2F)c1C. The molecule has 0 saturated carbocycles. The first-order valence-corrected chi connectivity index (χ1v) is 5.85. The molecule has 98 valence electrons. The van der Waals surface area contributed by atoms with E-state index >= 15 is 0 Å². The molecule has 2 aromatic carbocycles. The van der Waals surface area contributed by atoms with Gasteiger partial charge in [-0.25, -0.2) is 9.18 Å². The molecule has 0 aromatic heterocycles. The largest absolute Gasteiger partial charge is 0.478 e. The highest BCUT2D eigenvalue weighted by molar-refractivity contribution is 5.88. The lowest BCUT2D eigenvalue weighted by Gasteiger charge is -2.12. The van der Waals surface area contributed by atoms with E-state index in [-0.39, 0.29) is 11.3 Å². The fourth-order valence-electron chi connectivity index (χ4n) is 1.78. The zero-order valence-electron chi connectivity index (χ0n) is 10.7. The minimum atomic E-state index is -1.14. The number of carbonyl (C=O) groups is 1. The summed E-state index contributed by atoms with van der Waals surface area (Å²) in [4.78, 5) is 10.7. The number of aromatic carboxylic acids is 1. The maximum atomic E-state index is 13.8. The Morgan fingerprint density at radius 3 is 2.53 bits per heavy atom. The van der Waals surface area contributed by atoms with Crippen LogP contribution in [0.3, 0.4) is 0 Å². The molecule has 3 nitrogen and oxygen atoms in total. The van der Waals surface area contributed by atoms with Crippen LogP contribution in [0, 0.1) is 19.7 Å². The Morgan fingerprint density at radius 1 is 1.16 bits per heavy atom. The van der Waals surface area contributed by atoms with Crippen molar-refractivity contribution in [3.63, 3.8) is 0 Å². The summed E-state index contributed by atoms with van der Waals surface area (Å²) in [5.74, 6) is -1.72. The third-order valence-electron chi connectivity index (χ3n) is 3.09. The molecule has 0 spiro atoms. The fraction of sp³-hybridized carbons (Fsp3) is 0.133. The van der Waals surface area contributed by atoms with E-state index in [1.165, 1.54) is 12.1 Å². The fourth-order valence-corrected chi connectivity index (χ4v) is 1.78. The number of carboxylic acids is 1. The average Bonchev–Trinajstić information content (AvgIpc) is 2.37. The van der Waals surface area contributed by atoms with Gasteiger partial charge < -0.3 is 10.4 Å². The number of nitrogens with one attached hydrogen (secondary N) is 1. The molecule has 0 aliphatic carbocycles. The molecule has 0 aliphatic heterocycles. The van der Waals surface area contributed by atoms with Gasteiger partial charge in [0.1, 0.15) is 5.82 Å². The topological polar surface area (TPSA) is 49.3 Å². The zero-order valence-corrected chi connectivity index (χ0v) is 10.7. The highest BCUT2D eigenvalue weighted by atomic mass is 19.1. The van der Waals surface area contributed by atoms with Crippen LogP contribution < -0.4 is 5.32 Å². The van der Waals surface area contributed by atoms with Crippen molar-refractivity contribution in [1.29, 1.82) is 0 Å². The van der Waals surface area contributed by atoms with Crippen LogP contribution in [0.25, 0.3) is 0 Å². The monoisotopic (exact) mass is 259 g/mol. The number of rotatable bonds is 3. The van der Waals surface area contributed by atoms with E-state index in [0.29, 0.717) is 0 Å². The van der Waals surface area contributed by atoms with Crippen molar-refractivity contribution in [3.05, 3.63) is 58.9 Å². The third-order valence-corrected chi connectivity index (χ3v) is 3.09. The standard InChI is InChI=1S/C15H14FNO2/c1-9-4-3-5-13(10(9)2)17-14-7-6-11(15(18)19)8-12(14)16/h3-8,17H,1-2H3,(H,18,19). The van der Waals surface area contributed by atoms with Crippen molar-refractivity contribution >= 4 is 17.3 Å². The van der Waals surface area contributed by atoms with E-state index in [4.69, 9.17) is 5.11 Å². The minimum absolute atomic E-state index is 0.0657. The van der Waals surface area contributed by atoms with Crippen LogP contribution in [0.15, 0.2) is 36.4 Å². The number of hydrogen-bond donors (Lipinski definition) is 2. The molecule has 0 fully saturated rings. The lowest BCUT2D eigenvalue weighted by molar-refractivity contribution is 0.0696. The third kappa shape index (κ3) is 2.73. The van der Waals surface area contributed by atoms with Crippen molar-refractivity contribution in [1.82, 2.24) is 0 Å². The van der Waals surface area contributed by atoms with E-state index < -0.39 is 11.8 Å². The predicted octanol–water partition coefficient (Wildman–Crippen LogP) is 3.88. The summed E-state index contributed by atoms with van der Waals surface area (Å²) in [6.45, 7) is 3.92.